The van der Waals surface area contributed by atoms with Crippen LogP contribution < -0.4 is 0 Å². The average molecular weight is 379 g/mol. The van der Waals surface area contributed by atoms with Crippen molar-refractivity contribution in [2.75, 3.05) is 6.61 Å². The number of hydrogen-bond donors (Lipinski definition) is 3. The Morgan fingerprint density at radius 3 is 2.50 bits per heavy atom. The van der Waals surface area contributed by atoms with E-state index in [0.29, 0.717) is 6.42 Å². The molecule has 2 aliphatic heterocycles. The first kappa shape index (κ1) is 19.9. The summed E-state index contributed by atoms with van der Waals surface area (Å²) in [6.45, 7) is 4.10. The highest BCUT2D eigenvalue weighted by Crippen LogP contribution is 2.43. The standard InChI is InChI=1S/C21H30O4S/c1-3-4-14-5-7-15(8-6-14)10-19-13(2)9-20(26-19)17-11-16(23)21(24)18(12-22)25-17/h5-8,16-18,20-24H,3-4,9-12H2,1-2H3/t16-,17-,18-,20?,21+/m1/s1. The highest BCUT2D eigenvalue weighted by atomic mass is 32.2. The molecule has 1 unspecified atom stereocenters. The maximum absolute atomic E-state index is 10.1. The predicted molar refractivity (Wildman–Crippen MR) is 105 cm³/mol. The quantitative estimate of drug-likeness (QED) is 0.710. The maximum Gasteiger partial charge on any atom is 0.109 e. The molecule has 1 saturated heterocycles. The number of ether oxygens (including phenoxy) is 1. The molecule has 0 bridgehead atoms. The van der Waals surface area contributed by atoms with E-state index in [4.69, 9.17) is 4.74 Å². The zero-order chi connectivity index (χ0) is 18.7. The smallest absolute Gasteiger partial charge is 0.109 e. The monoisotopic (exact) mass is 378 g/mol. The first-order chi connectivity index (χ1) is 12.5. The highest BCUT2D eigenvalue weighted by molar-refractivity contribution is 8.04. The molecule has 3 rings (SSSR count). The van der Waals surface area contributed by atoms with Crippen LogP contribution in [0, 0.1) is 0 Å². The van der Waals surface area contributed by atoms with E-state index >= 15 is 0 Å². The number of rotatable bonds is 6. The minimum absolute atomic E-state index is 0.144. The third kappa shape index (κ3) is 4.52. The molecule has 26 heavy (non-hydrogen) atoms. The zero-order valence-electron chi connectivity index (χ0n) is 15.6. The summed E-state index contributed by atoms with van der Waals surface area (Å²) in [6.07, 6.45) is 1.90. The molecule has 2 aliphatic rings. The van der Waals surface area contributed by atoms with Crippen molar-refractivity contribution in [2.45, 2.75) is 75.6 Å². The summed E-state index contributed by atoms with van der Waals surface area (Å²) < 4.78 is 5.88. The normalized spacial score (nSPS) is 32.3. The summed E-state index contributed by atoms with van der Waals surface area (Å²) in [5.74, 6) is 0. The highest BCUT2D eigenvalue weighted by Gasteiger charge is 2.41. The molecule has 2 heterocycles. The van der Waals surface area contributed by atoms with E-state index in [1.165, 1.54) is 21.6 Å². The van der Waals surface area contributed by atoms with Gasteiger partial charge in [0.25, 0.3) is 0 Å². The molecule has 0 saturated carbocycles. The number of aliphatic hydroxyl groups is 3. The van der Waals surface area contributed by atoms with Crippen LogP contribution in [0.25, 0.3) is 0 Å². The van der Waals surface area contributed by atoms with Gasteiger partial charge < -0.3 is 20.1 Å². The zero-order valence-corrected chi connectivity index (χ0v) is 16.4. The number of hydrogen-bond acceptors (Lipinski definition) is 5. The van der Waals surface area contributed by atoms with E-state index in [2.05, 4.69) is 38.1 Å². The molecule has 5 heteroatoms. The van der Waals surface area contributed by atoms with Crippen molar-refractivity contribution < 1.29 is 20.1 Å². The van der Waals surface area contributed by atoms with E-state index < -0.39 is 18.3 Å². The summed E-state index contributed by atoms with van der Waals surface area (Å²) >= 11 is 1.83. The summed E-state index contributed by atoms with van der Waals surface area (Å²) in [7, 11) is 0. The van der Waals surface area contributed by atoms with Crippen LogP contribution in [0.3, 0.4) is 0 Å². The van der Waals surface area contributed by atoms with E-state index in [-0.39, 0.29) is 18.0 Å². The van der Waals surface area contributed by atoms with Crippen LogP contribution in [-0.4, -0.2) is 51.6 Å². The van der Waals surface area contributed by atoms with Gasteiger partial charge >= 0.3 is 0 Å². The average Bonchev–Trinajstić information content (AvgIpc) is 3.00. The molecule has 0 amide bonds. The Balaban J connectivity index is 1.60. The molecule has 4 nitrogen and oxygen atoms in total. The molecule has 0 spiro atoms. The van der Waals surface area contributed by atoms with Crippen LogP contribution in [-0.2, 0) is 17.6 Å². The van der Waals surface area contributed by atoms with Gasteiger partial charge in [-0.15, -0.1) is 11.8 Å². The Labute approximate surface area is 160 Å². The van der Waals surface area contributed by atoms with Crippen LogP contribution in [0.4, 0.5) is 0 Å². The van der Waals surface area contributed by atoms with Gasteiger partial charge in [0.05, 0.1) is 18.8 Å². The van der Waals surface area contributed by atoms with Gasteiger partial charge in [-0.1, -0.05) is 43.2 Å². The number of allylic oxidation sites excluding steroid dienone is 2. The molecule has 3 N–H and O–H groups in total. The summed E-state index contributed by atoms with van der Waals surface area (Å²) in [5, 5.41) is 29.6. The molecule has 0 aliphatic carbocycles. The maximum atomic E-state index is 10.1. The van der Waals surface area contributed by atoms with Crippen LogP contribution in [0.5, 0.6) is 0 Å². The molecule has 1 aromatic rings. The van der Waals surface area contributed by atoms with Crippen molar-refractivity contribution in [3.05, 3.63) is 45.9 Å². The number of thioether (sulfide) groups is 1. The fourth-order valence-electron chi connectivity index (χ4n) is 3.81. The third-order valence-corrected chi connectivity index (χ3v) is 6.95. The number of aryl methyl sites for hydroxylation is 1. The minimum atomic E-state index is -1.00. The Morgan fingerprint density at radius 2 is 1.85 bits per heavy atom. The van der Waals surface area contributed by atoms with Gasteiger partial charge in [-0.05, 0) is 35.8 Å². The van der Waals surface area contributed by atoms with Gasteiger partial charge in [0, 0.05) is 18.1 Å². The fourth-order valence-corrected chi connectivity index (χ4v) is 5.37. The van der Waals surface area contributed by atoms with E-state index in [9.17, 15) is 15.3 Å². The topological polar surface area (TPSA) is 69.9 Å². The molecule has 0 aromatic heterocycles. The van der Waals surface area contributed by atoms with Gasteiger partial charge in [0.2, 0.25) is 0 Å². The van der Waals surface area contributed by atoms with E-state index in [0.717, 1.165) is 25.7 Å². The van der Waals surface area contributed by atoms with Gasteiger partial charge in [-0.25, -0.2) is 0 Å². The van der Waals surface area contributed by atoms with Crippen LogP contribution in [0.15, 0.2) is 34.7 Å². The second-order valence-corrected chi connectivity index (χ2v) is 8.83. The summed E-state index contributed by atoms with van der Waals surface area (Å²) in [6, 6.07) is 8.88. The van der Waals surface area contributed by atoms with Crippen LogP contribution in [0.1, 0.15) is 44.2 Å². The lowest BCUT2D eigenvalue weighted by Gasteiger charge is -2.38. The molecule has 1 aromatic carbocycles. The van der Waals surface area contributed by atoms with Crippen molar-refractivity contribution in [2.24, 2.45) is 0 Å². The Bertz CT molecular complexity index is 627. The van der Waals surface area contributed by atoms with Crippen molar-refractivity contribution in [3.8, 4) is 0 Å². The van der Waals surface area contributed by atoms with E-state index in [1.54, 1.807) is 0 Å². The van der Waals surface area contributed by atoms with Gasteiger partial charge in [0.1, 0.15) is 12.2 Å². The molecule has 1 fully saturated rings. The van der Waals surface area contributed by atoms with Gasteiger partial charge in [-0.3, -0.25) is 0 Å². The second-order valence-electron chi connectivity index (χ2n) is 7.50. The minimum Gasteiger partial charge on any atom is -0.394 e. The Morgan fingerprint density at radius 1 is 1.15 bits per heavy atom. The lowest BCUT2D eigenvalue weighted by atomic mass is 9.94. The van der Waals surface area contributed by atoms with Crippen molar-refractivity contribution >= 4 is 11.8 Å². The van der Waals surface area contributed by atoms with Gasteiger partial charge in [-0.2, -0.15) is 0 Å². The SMILES string of the molecule is CCCc1ccc(CC2=C(C)CC([C@H]3C[C@@H](O)[C@H](O)[C@@H](CO)O3)S2)cc1. The van der Waals surface area contributed by atoms with Crippen molar-refractivity contribution in [1.82, 2.24) is 0 Å². The Hall–Kier alpha value is -0.850. The van der Waals surface area contributed by atoms with E-state index in [1.807, 2.05) is 11.8 Å². The first-order valence-electron chi connectivity index (χ1n) is 9.57. The predicted octanol–water partition coefficient (Wildman–Crippen LogP) is 2.83. The summed E-state index contributed by atoms with van der Waals surface area (Å²) in [4.78, 5) is 1.38. The Kier molecular flexibility index (Phi) is 6.81. The molecule has 0 radical (unpaired) electrons. The van der Waals surface area contributed by atoms with Gasteiger partial charge in [0.15, 0.2) is 0 Å². The number of aliphatic hydroxyl groups excluding tert-OH is 3. The van der Waals surface area contributed by atoms with Crippen LogP contribution in [0.2, 0.25) is 0 Å². The molecule has 144 valence electrons. The number of benzene rings is 1. The van der Waals surface area contributed by atoms with Crippen molar-refractivity contribution in [1.29, 1.82) is 0 Å². The molecular weight excluding hydrogens is 348 g/mol. The largest absolute Gasteiger partial charge is 0.394 e. The van der Waals surface area contributed by atoms with Crippen LogP contribution >= 0.6 is 11.8 Å². The summed E-state index contributed by atoms with van der Waals surface area (Å²) in [5.41, 5.74) is 4.08. The third-order valence-electron chi connectivity index (χ3n) is 5.40. The first-order valence-corrected chi connectivity index (χ1v) is 10.4. The lowest BCUT2D eigenvalue weighted by molar-refractivity contribution is -0.178. The second kappa shape index (κ2) is 8.89. The fraction of sp³-hybridized carbons (Fsp3) is 0.619. The lowest BCUT2D eigenvalue weighted by Crippen LogP contribution is -2.52. The molecule has 5 atom stereocenters. The van der Waals surface area contributed by atoms with Crippen molar-refractivity contribution in [3.63, 3.8) is 0 Å². The molecular formula is C21H30O4S.